The average Bonchev–Trinajstić information content (AvgIpc) is 0. The van der Waals surface area contributed by atoms with Crippen molar-refractivity contribution in [2.45, 2.75) is 0 Å². The number of hydrogen-bond donors (Lipinski definition) is 0. The normalized spacial score (nSPS) is 0. The zero-order valence-electron chi connectivity index (χ0n) is 17.8. The molecule has 0 saturated heterocycles. The van der Waals surface area contributed by atoms with E-state index in [1.54, 1.807) is 0 Å². The van der Waals surface area contributed by atoms with E-state index in [1.165, 1.54) is 0 Å². The van der Waals surface area contributed by atoms with Crippen LogP contribution in [0.1, 0.15) is 12.8 Å². The molecule has 13 heavy (non-hydrogen) atoms. The van der Waals surface area contributed by atoms with Crippen molar-refractivity contribution in [1.29, 1.82) is 0 Å². The first-order chi connectivity index (χ1) is 0. The minimum absolute atomic E-state index is 0. The Morgan fingerprint density at radius 2 is 1.08 bits per heavy atom. The molecule has 0 aliphatic rings. The van der Waals surface area contributed by atoms with Crippen LogP contribution in [0, 0.1) is 0 Å². The number of rotatable bonds is 0. The van der Waals surface area contributed by atoms with Gasteiger partial charge < -0.3 is 12.8 Å². The maximum Gasteiger partial charge on any atom is 2.00 e. The summed E-state index contributed by atoms with van der Waals surface area (Å²) in [6.07, 6.45) is 0. The summed E-state index contributed by atoms with van der Waals surface area (Å²) in [6.45, 7) is 0. The van der Waals surface area contributed by atoms with Crippen molar-refractivity contribution in [2.24, 2.45) is 0 Å². The molecule has 0 bridgehead atoms. The predicted octanol–water partition coefficient (Wildman–Crippen LogP) is -10.7. The number of hydrogen-bond acceptors (Lipinski definition) is 0. The van der Waals surface area contributed by atoms with Crippen LogP contribution < -0.4 is 99.8 Å². The Balaban J connectivity index is 0. The Morgan fingerprint density at radius 3 is 1.08 bits per heavy atom. The maximum atomic E-state index is 0. The van der Waals surface area contributed by atoms with Crippen LogP contribution in [0.4, 0.5) is 0 Å². The van der Waals surface area contributed by atoms with Gasteiger partial charge in [-0.15, -0.1) is 0 Å². The van der Waals surface area contributed by atoms with Gasteiger partial charge >= 0.3 is 223 Å². The molecule has 0 fully saturated rings. The van der Waals surface area contributed by atoms with Gasteiger partial charge in [0.15, 0.2) is 0 Å². The fourth-order valence-corrected chi connectivity index (χ4v) is 0. The first-order valence-corrected chi connectivity index (χ1v) is 0. The molecule has 0 aromatic carbocycles. The molecule has 0 aliphatic heterocycles. The zero-order chi connectivity index (χ0) is 0. The van der Waals surface area contributed by atoms with Gasteiger partial charge in [0.25, 0.3) is 0 Å². The average molecular weight is 671 g/mol. The molecular weight excluding hydrogens is 659 g/mol. The largest absolute Gasteiger partial charge is 2.00 e. The van der Waals surface area contributed by atoms with Crippen LogP contribution in [0.5, 0.6) is 0 Å². The SMILES string of the molecule is [AlH2].[Ca+2].[Cu].[Fe].[H-].[H-].[H-].[H-].[H-].[H-].[H-].[H-].[H-].[K+].[Li+].[Mg+2].[Mo].[Na+].[SeH].[Sr+2].[V].[Zn]. The molecule has 0 unspecified atom stereocenters. The van der Waals surface area contributed by atoms with Crippen LogP contribution in [0.25, 0.3) is 0 Å². The van der Waals surface area contributed by atoms with Crippen molar-refractivity contribution in [1.82, 2.24) is 0 Å². The van der Waals surface area contributed by atoms with Crippen molar-refractivity contribution < 1.29 is 206 Å². The second-order valence-corrected chi connectivity index (χ2v) is 0. The quantitative estimate of drug-likeness (QED) is 0.225. The summed E-state index contributed by atoms with van der Waals surface area (Å²) in [4.78, 5) is 0. The van der Waals surface area contributed by atoms with Gasteiger partial charge in [-0.05, 0) is 0 Å². The molecule has 0 N–H and O–H groups in total. The zero-order valence-corrected chi connectivity index (χ0v) is 33.3. The van der Waals surface area contributed by atoms with E-state index in [-0.39, 0.29) is 347 Å². The van der Waals surface area contributed by atoms with E-state index < -0.39 is 0 Å². The second kappa shape index (κ2) is 93.2. The Kier molecular flexibility index (Phi) is 764. The van der Waals surface area contributed by atoms with E-state index in [1.807, 2.05) is 0 Å². The van der Waals surface area contributed by atoms with Crippen molar-refractivity contribution in [3.05, 3.63) is 0 Å². The van der Waals surface area contributed by atoms with Crippen LogP contribution in [-0.2, 0) is 93.2 Å². The molecule has 0 heterocycles. The Labute approximate surface area is 336 Å². The maximum absolute atomic E-state index is 0. The molecule has 62 valence electrons. The van der Waals surface area contributed by atoms with Gasteiger partial charge in [-0.3, -0.25) is 0 Å². The smallest absolute Gasteiger partial charge is 0 e. The summed E-state index contributed by atoms with van der Waals surface area (Å²) >= 11 is 0. The molecule has 4 radical (unpaired) electrons. The second-order valence-electron chi connectivity index (χ2n) is 0. The minimum atomic E-state index is 0. The predicted molar refractivity (Wildman–Crippen MR) is 43.0 cm³/mol. The van der Waals surface area contributed by atoms with Gasteiger partial charge in [0, 0.05) is 93.2 Å². The van der Waals surface area contributed by atoms with Gasteiger partial charge in [-0.25, -0.2) is 0 Å². The van der Waals surface area contributed by atoms with E-state index in [0.717, 1.165) is 0 Å². The van der Waals surface area contributed by atoms with Gasteiger partial charge in [0.1, 0.15) is 17.4 Å². The van der Waals surface area contributed by atoms with Gasteiger partial charge in [0.05, 0.1) is 0 Å². The van der Waals surface area contributed by atoms with Crippen LogP contribution in [0.3, 0.4) is 0 Å². The Hall–Kier alpha value is 10.7. The van der Waals surface area contributed by atoms with E-state index in [2.05, 4.69) is 0 Å². The third-order valence-electron chi connectivity index (χ3n) is 0. The van der Waals surface area contributed by atoms with Crippen molar-refractivity contribution in [3.63, 3.8) is 0 Å². The minimum Gasteiger partial charge on any atom is 0 e. The summed E-state index contributed by atoms with van der Waals surface area (Å²) in [6, 6.07) is 0. The standard InChI is InChI=1S/Al.Ca.Cu.Fe.K.Li.Mg.Mo.Na.HSe.Sr.V.Zn.11H/h;;;;;;;;;1H;;;;;;;;;;;;;;/q;+2;;;2*+1;+2;;+1;;+2;;;;;9*-1. The summed E-state index contributed by atoms with van der Waals surface area (Å²) in [5.41, 5.74) is 0. The molecule has 0 atom stereocenters. The van der Waals surface area contributed by atoms with Crippen LogP contribution in [-0.4, -0.2) is 141 Å². The molecule has 0 spiro atoms. The molecular formula is H12AlCaCuFeKLiMgMoNaSeSrVZn. The summed E-state index contributed by atoms with van der Waals surface area (Å²) < 4.78 is 0. The monoisotopic (exact) mass is 671 g/mol. The van der Waals surface area contributed by atoms with Crippen molar-refractivity contribution in [2.75, 3.05) is 0 Å². The first-order valence-electron chi connectivity index (χ1n) is 0. The van der Waals surface area contributed by atoms with E-state index in [9.17, 15) is 0 Å². The third kappa shape index (κ3) is 84.9. The fraction of sp³-hybridized carbons (Fsp3) is 0. The molecule has 0 aromatic heterocycles. The van der Waals surface area contributed by atoms with Crippen LogP contribution in [0.2, 0.25) is 0 Å². The Bertz CT molecular complexity index is 69.6. The summed E-state index contributed by atoms with van der Waals surface area (Å²) in [5, 5.41) is 0. The fourth-order valence-electron chi connectivity index (χ4n) is 0. The van der Waals surface area contributed by atoms with E-state index in [0.29, 0.717) is 0 Å². The molecule has 0 aromatic rings. The van der Waals surface area contributed by atoms with Crippen LogP contribution in [0.15, 0.2) is 0 Å². The van der Waals surface area contributed by atoms with E-state index >= 15 is 0 Å². The molecule has 0 rings (SSSR count). The third-order valence-corrected chi connectivity index (χ3v) is 0. The summed E-state index contributed by atoms with van der Waals surface area (Å²) in [7, 11) is 0. The summed E-state index contributed by atoms with van der Waals surface area (Å²) in [5.74, 6) is 0. The van der Waals surface area contributed by atoms with Crippen molar-refractivity contribution in [3.8, 4) is 0 Å². The Morgan fingerprint density at radius 1 is 1.08 bits per heavy atom. The molecule has 0 aliphatic carbocycles. The first kappa shape index (κ1) is 107. The van der Waals surface area contributed by atoms with Gasteiger partial charge in [-0.2, -0.15) is 0 Å². The molecule has 0 saturated carbocycles. The molecule has 0 nitrogen and oxygen atoms in total. The topological polar surface area (TPSA) is 0 Å². The van der Waals surface area contributed by atoms with Gasteiger partial charge in [-0.1, -0.05) is 0 Å². The molecule has 13 heteroatoms. The van der Waals surface area contributed by atoms with Crippen molar-refractivity contribution >= 4 is 141 Å². The van der Waals surface area contributed by atoms with E-state index in [4.69, 9.17) is 0 Å². The van der Waals surface area contributed by atoms with Gasteiger partial charge in [0.2, 0.25) is 0 Å². The molecule has 0 amide bonds. The van der Waals surface area contributed by atoms with Crippen LogP contribution >= 0.6 is 0 Å².